The first-order valence-electron chi connectivity index (χ1n) is 4.90. The number of ether oxygens (including phenoxy) is 1. The second kappa shape index (κ2) is 4.53. The van der Waals surface area contributed by atoms with Crippen molar-refractivity contribution in [2.45, 2.75) is 19.0 Å². The third kappa shape index (κ3) is 2.53. The molecule has 0 spiro atoms. The van der Waals surface area contributed by atoms with Crippen molar-refractivity contribution in [3.63, 3.8) is 0 Å². The zero-order chi connectivity index (χ0) is 9.80. The topological polar surface area (TPSA) is 21.3 Å². The zero-order valence-electron chi connectivity index (χ0n) is 8.00. The van der Waals surface area contributed by atoms with Crippen molar-refractivity contribution in [1.29, 1.82) is 0 Å². The van der Waals surface area contributed by atoms with Crippen molar-refractivity contribution < 1.29 is 9.13 Å². The maximum atomic E-state index is 12.6. The van der Waals surface area contributed by atoms with Crippen LogP contribution in [0.4, 0.5) is 4.39 Å². The average molecular weight is 195 g/mol. The summed E-state index contributed by atoms with van der Waals surface area (Å²) in [5.41, 5.74) is 1.11. The van der Waals surface area contributed by atoms with E-state index in [0.717, 1.165) is 31.7 Å². The molecule has 76 valence electrons. The first-order valence-corrected chi connectivity index (χ1v) is 4.90. The fourth-order valence-electron chi connectivity index (χ4n) is 1.56. The number of rotatable bonds is 3. The minimum absolute atomic E-state index is 0.182. The molecule has 3 heteroatoms. The Bertz CT molecular complexity index is 280. The Morgan fingerprint density at radius 2 is 2.14 bits per heavy atom. The van der Waals surface area contributed by atoms with Gasteiger partial charge in [0.25, 0.3) is 0 Å². The van der Waals surface area contributed by atoms with E-state index in [2.05, 4.69) is 5.32 Å². The van der Waals surface area contributed by atoms with E-state index in [-0.39, 0.29) is 5.82 Å². The van der Waals surface area contributed by atoms with Crippen LogP contribution >= 0.6 is 0 Å². The lowest BCUT2D eigenvalue weighted by molar-refractivity contribution is 0.190. The smallest absolute Gasteiger partial charge is 0.123 e. The lowest BCUT2D eigenvalue weighted by Gasteiger charge is -2.09. The van der Waals surface area contributed by atoms with Crippen LogP contribution in [0.3, 0.4) is 0 Å². The molecule has 1 atom stereocenters. The molecule has 1 aromatic carbocycles. The molecule has 1 aliphatic heterocycles. The predicted octanol–water partition coefficient (Wildman–Crippen LogP) is 1.70. The molecule has 14 heavy (non-hydrogen) atoms. The highest BCUT2D eigenvalue weighted by atomic mass is 19.1. The van der Waals surface area contributed by atoms with Gasteiger partial charge >= 0.3 is 0 Å². The Hall–Kier alpha value is -0.930. The normalized spacial score (nSPS) is 21.4. The molecule has 1 aliphatic rings. The Kier molecular flexibility index (Phi) is 3.11. The van der Waals surface area contributed by atoms with Gasteiger partial charge in [-0.1, -0.05) is 12.1 Å². The highest BCUT2D eigenvalue weighted by molar-refractivity contribution is 5.15. The average Bonchev–Trinajstić information content (AvgIpc) is 2.70. The summed E-state index contributed by atoms with van der Waals surface area (Å²) in [5.74, 6) is -0.182. The van der Waals surface area contributed by atoms with E-state index in [9.17, 15) is 4.39 Å². The van der Waals surface area contributed by atoms with Gasteiger partial charge in [0.1, 0.15) is 5.82 Å². The van der Waals surface area contributed by atoms with Crippen molar-refractivity contribution in [3.05, 3.63) is 35.6 Å². The van der Waals surface area contributed by atoms with Crippen LogP contribution in [0.2, 0.25) is 0 Å². The summed E-state index contributed by atoms with van der Waals surface area (Å²) < 4.78 is 17.8. The first kappa shape index (κ1) is 9.62. The molecule has 0 bridgehead atoms. The molecule has 1 aromatic rings. The molecule has 0 amide bonds. The molecule has 0 saturated carbocycles. The van der Waals surface area contributed by atoms with Gasteiger partial charge in [-0.2, -0.15) is 0 Å². The van der Waals surface area contributed by atoms with Gasteiger partial charge in [0.2, 0.25) is 0 Å². The fraction of sp³-hybridized carbons (Fsp3) is 0.455. The second-order valence-electron chi connectivity index (χ2n) is 3.57. The molecule has 0 radical (unpaired) electrons. The summed E-state index contributed by atoms with van der Waals surface area (Å²) in [4.78, 5) is 0. The van der Waals surface area contributed by atoms with E-state index in [4.69, 9.17) is 4.74 Å². The van der Waals surface area contributed by atoms with Crippen molar-refractivity contribution >= 4 is 0 Å². The molecule has 0 aromatic heterocycles. The summed E-state index contributed by atoms with van der Waals surface area (Å²) in [6.45, 7) is 2.43. The summed E-state index contributed by atoms with van der Waals surface area (Å²) in [5, 5.41) is 3.37. The number of halogens is 1. The number of benzene rings is 1. The first-order chi connectivity index (χ1) is 6.84. The SMILES string of the molecule is Fc1ccc(CNC2CCOC2)cc1. The minimum atomic E-state index is -0.182. The van der Waals surface area contributed by atoms with Gasteiger partial charge in [0.15, 0.2) is 0 Å². The number of hydrogen-bond donors (Lipinski definition) is 1. The largest absolute Gasteiger partial charge is 0.380 e. The van der Waals surface area contributed by atoms with E-state index in [0.29, 0.717) is 6.04 Å². The van der Waals surface area contributed by atoms with E-state index < -0.39 is 0 Å². The van der Waals surface area contributed by atoms with Gasteiger partial charge in [-0.25, -0.2) is 4.39 Å². The van der Waals surface area contributed by atoms with E-state index in [1.807, 2.05) is 0 Å². The van der Waals surface area contributed by atoms with Crippen LogP contribution < -0.4 is 5.32 Å². The highest BCUT2D eigenvalue weighted by Crippen LogP contribution is 2.06. The molecule has 1 heterocycles. The van der Waals surface area contributed by atoms with Gasteiger partial charge in [-0.3, -0.25) is 0 Å². The van der Waals surface area contributed by atoms with Gasteiger partial charge in [-0.15, -0.1) is 0 Å². The summed E-state index contributed by atoms with van der Waals surface area (Å²) >= 11 is 0. The van der Waals surface area contributed by atoms with Gasteiger partial charge in [-0.05, 0) is 24.1 Å². The van der Waals surface area contributed by atoms with Crippen LogP contribution in [0.5, 0.6) is 0 Å². The van der Waals surface area contributed by atoms with Crippen molar-refractivity contribution in [2.24, 2.45) is 0 Å². The molecular formula is C11H14FNO. The second-order valence-corrected chi connectivity index (χ2v) is 3.57. The minimum Gasteiger partial charge on any atom is -0.380 e. The van der Waals surface area contributed by atoms with Crippen LogP contribution in [-0.4, -0.2) is 19.3 Å². The summed E-state index contributed by atoms with van der Waals surface area (Å²) in [6, 6.07) is 7.04. The van der Waals surface area contributed by atoms with E-state index in [1.165, 1.54) is 12.1 Å². The maximum absolute atomic E-state index is 12.6. The van der Waals surface area contributed by atoms with Gasteiger partial charge in [0.05, 0.1) is 6.61 Å². The standard InChI is InChI=1S/C11H14FNO/c12-10-3-1-9(2-4-10)7-13-11-5-6-14-8-11/h1-4,11,13H,5-8H2. The Balaban J connectivity index is 1.82. The Labute approximate surface area is 83.1 Å². The lowest BCUT2D eigenvalue weighted by Crippen LogP contribution is -2.28. The Morgan fingerprint density at radius 1 is 1.36 bits per heavy atom. The van der Waals surface area contributed by atoms with E-state index >= 15 is 0 Å². The molecule has 1 saturated heterocycles. The zero-order valence-corrected chi connectivity index (χ0v) is 8.00. The molecule has 0 aliphatic carbocycles. The monoisotopic (exact) mass is 195 g/mol. The lowest BCUT2D eigenvalue weighted by atomic mass is 10.2. The van der Waals surface area contributed by atoms with Gasteiger partial charge < -0.3 is 10.1 Å². The van der Waals surface area contributed by atoms with Crippen molar-refractivity contribution in [2.75, 3.05) is 13.2 Å². The predicted molar refractivity (Wildman–Crippen MR) is 52.5 cm³/mol. The quantitative estimate of drug-likeness (QED) is 0.792. The molecule has 2 rings (SSSR count). The van der Waals surface area contributed by atoms with Crippen molar-refractivity contribution in [3.8, 4) is 0 Å². The number of nitrogens with one attached hydrogen (secondary N) is 1. The van der Waals surface area contributed by atoms with Crippen LogP contribution in [0.15, 0.2) is 24.3 Å². The van der Waals surface area contributed by atoms with Crippen molar-refractivity contribution in [1.82, 2.24) is 5.32 Å². The van der Waals surface area contributed by atoms with Crippen LogP contribution in [0.25, 0.3) is 0 Å². The fourth-order valence-corrected chi connectivity index (χ4v) is 1.56. The number of hydrogen-bond acceptors (Lipinski definition) is 2. The summed E-state index contributed by atoms with van der Waals surface area (Å²) in [7, 11) is 0. The van der Waals surface area contributed by atoms with Crippen LogP contribution in [0.1, 0.15) is 12.0 Å². The molecule has 1 fully saturated rings. The molecule has 1 N–H and O–H groups in total. The van der Waals surface area contributed by atoms with Crippen LogP contribution in [-0.2, 0) is 11.3 Å². The molecule has 2 nitrogen and oxygen atoms in total. The van der Waals surface area contributed by atoms with E-state index in [1.54, 1.807) is 12.1 Å². The third-order valence-corrected chi connectivity index (χ3v) is 2.44. The highest BCUT2D eigenvalue weighted by Gasteiger charge is 2.13. The summed E-state index contributed by atoms with van der Waals surface area (Å²) in [6.07, 6.45) is 1.07. The van der Waals surface area contributed by atoms with Crippen LogP contribution in [0, 0.1) is 5.82 Å². The molecule has 1 unspecified atom stereocenters. The van der Waals surface area contributed by atoms with Gasteiger partial charge in [0, 0.05) is 19.2 Å². The Morgan fingerprint density at radius 3 is 2.79 bits per heavy atom. The third-order valence-electron chi connectivity index (χ3n) is 2.44. The molecular weight excluding hydrogens is 181 g/mol. The maximum Gasteiger partial charge on any atom is 0.123 e.